The van der Waals surface area contributed by atoms with Crippen LogP contribution in [-0.4, -0.2) is 31.8 Å². The van der Waals surface area contributed by atoms with Crippen LogP contribution in [0.5, 0.6) is 0 Å². The van der Waals surface area contributed by atoms with Gasteiger partial charge >= 0.3 is 0 Å². The van der Waals surface area contributed by atoms with Crippen LogP contribution < -0.4 is 4.90 Å². The Labute approximate surface area is 126 Å². The summed E-state index contributed by atoms with van der Waals surface area (Å²) in [6.45, 7) is 7.21. The number of anilines is 1. The summed E-state index contributed by atoms with van der Waals surface area (Å²) in [5.74, 6) is 0.732. The van der Waals surface area contributed by atoms with Gasteiger partial charge in [0.2, 0.25) is 0 Å². The van der Waals surface area contributed by atoms with Gasteiger partial charge in [-0.25, -0.2) is 0 Å². The molecule has 0 spiro atoms. The molecular weight excluding hydrogens is 260 g/mol. The van der Waals surface area contributed by atoms with Crippen LogP contribution in [0.2, 0.25) is 0 Å². The highest BCUT2D eigenvalue weighted by atomic mass is 16.5. The molecule has 0 amide bonds. The predicted molar refractivity (Wildman–Crippen MR) is 88.0 cm³/mol. The number of fused-ring (bicyclic) bond motifs is 1. The number of para-hydroxylation sites is 1. The average molecular weight is 284 g/mol. The highest BCUT2D eigenvalue weighted by Gasteiger charge is 2.19. The molecule has 3 heteroatoms. The van der Waals surface area contributed by atoms with Crippen molar-refractivity contribution in [3.63, 3.8) is 0 Å². The summed E-state index contributed by atoms with van der Waals surface area (Å²) in [5, 5.41) is 1.26. The van der Waals surface area contributed by atoms with Crippen molar-refractivity contribution in [3.8, 4) is 0 Å². The topological polar surface area (TPSA) is 25.4 Å². The third-order valence-electron chi connectivity index (χ3n) is 4.60. The van der Waals surface area contributed by atoms with Crippen LogP contribution in [-0.2, 0) is 4.74 Å². The van der Waals surface area contributed by atoms with Crippen molar-refractivity contribution in [2.45, 2.75) is 26.7 Å². The summed E-state index contributed by atoms with van der Waals surface area (Å²) in [7, 11) is 2.21. The third-order valence-corrected chi connectivity index (χ3v) is 4.60. The van der Waals surface area contributed by atoms with E-state index >= 15 is 0 Å². The Morgan fingerprint density at radius 3 is 2.67 bits per heavy atom. The fourth-order valence-electron chi connectivity index (χ4n) is 3.31. The molecule has 1 fully saturated rings. The summed E-state index contributed by atoms with van der Waals surface area (Å²) in [6.07, 6.45) is 2.34. The molecule has 2 aromatic rings. The van der Waals surface area contributed by atoms with Gasteiger partial charge in [0, 0.05) is 37.9 Å². The van der Waals surface area contributed by atoms with Crippen LogP contribution in [0.15, 0.2) is 24.3 Å². The minimum atomic E-state index is 0.732. The van der Waals surface area contributed by atoms with Gasteiger partial charge in [-0.05, 0) is 44.2 Å². The number of hydrogen-bond acceptors (Lipinski definition) is 3. The molecule has 0 saturated carbocycles. The van der Waals surface area contributed by atoms with E-state index in [1.165, 1.54) is 29.5 Å². The van der Waals surface area contributed by atoms with Crippen molar-refractivity contribution in [1.29, 1.82) is 0 Å². The van der Waals surface area contributed by atoms with Gasteiger partial charge in [-0.1, -0.05) is 18.2 Å². The van der Waals surface area contributed by atoms with E-state index in [-0.39, 0.29) is 0 Å². The van der Waals surface area contributed by atoms with Gasteiger partial charge in [0.1, 0.15) is 0 Å². The van der Waals surface area contributed by atoms with Gasteiger partial charge in [-0.2, -0.15) is 0 Å². The normalized spacial score (nSPS) is 16.3. The lowest BCUT2D eigenvalue weighted by Crippen LogP contribution is -2.30. The number of benzene rings is 1. The SMILES string of the molecule is Cc1nc2ccccc2c(N(C)CC2CCOCC2)c1C. The second-order valence-corrected chi connectivity index (χ2v) is 6.12. The molecule has 0 unspecified atom stereocenters. The van der Waals surface area contributed by atoms with E-state index in [0.717, 1.165) is 36.9 Å². The summed E-state index contributed by atoms with van der Waals surface area (Å²) in [4.78, 5) is 7.14. The first-order chi connectivity index (χ1) is 10.2. The van der Waals surface area contributed by atoms with Crippen LogP contribution >= 0.6 is 0 Å². The molecule has 0 radical (unpaired) electrons. The van der Waals surface area contributed by atoms with E-state index < -0.39 is 0 Å². The summed E-state index contributed by atoms with van der Waals surface area (Å²) >= 11 is 0. The molecule has 1 aromatic carbocycles. The molecule has 112 valence electrons. The zero-order valence-electron chi connectivity index (χ0n) is 13.2. The molecule has 3 rings (SSSR count). The third kappa shape index (κ3) is 2.88. The van der Waals surface area contributed by atoms with Crippen molar-refractivity contribution in [2.24, 2.45) is 5.92 Å². The van der Waals surface area contributed by atoms with E-state index in [0.29, 0.717) is 0 Å². The highest BCUT2D eigenvalue weighted by molar-refractivity contribution is 5.93. The number of aryl methyl sites for hydroxylation is 1. The molecular formula is C18H24N2O. The first kappa shape index (κ1) is 14.3. The van der Waals surface area contributed by atoms with Gasteiger partial charge in [0.15, 0.2) is 0 Å². The van der Waals surface area contributed by atoms with Crippen LogP contribution in [0.1, 0.15) is 24.1 Å². The van der Waals surface area contributed by atoms with Crippen molar-refractivity contribution in [3.05, 3.63) is 35.5 Å². The highest BCUT2D eigenvalue weighted by Crippen LogP contribution is 2.31. The molecule has 0 aliphatic carbocycles. The smallest absolute Gasteiger partial charge is 0.0726 e. The maximum absolute atomic E-state index is 5.47. The number of pyridine rings is 1. The van der Waals surface area contributed by atoms with E-state index in [1.807, 2.05) is 0 Å². The summed E-state index contributed by atoms with van der Waals surface area (Å²) in [6, 6.07) is 8.45. The summed E-state index contributed by atoms with van der Waals surface area (Å²) in [5.41, 5.74) is 4.85. The Kier molecular flexibility index (Phi) is 4.11. The molecule has 1 aliphatic heterocycles. The monoisotopic (exact) mass is 284 g/mol. The Hall–Kier alpha value is -1.61. The van der Waals surface area contributed by atoms with Gasteiger partial charge in [-0.15, -0.1) is 0 Å². The Bertz CT molecular complexity index is 632. The predicted octanol–water partition coefficient (Wildman–Crippen LogP) is 3.71. The molecule has 0 bridgehead atoms. The Balaban J connectivity index is 1.96. The molecule has 21 heavy (non-hydrogen) atoms. The maximum Gasteiger partial charge on any atom is 0.0726 e. The van der Waals surface area contributed by atoms with Crippen LogP contribution in [0.25, 0.3) is 10.9 Å². The Morgan fingerprint density at radius 1 is 1.19 bits per heavy atom. The fraction of sp³-hybridized carbons (Fsp3) is 0.500. The second kappa shape index (κ2) is 6.02. The Morgan fingerprint density at radius 2 is 1.90 bits per heavy atom. The van der Waals surface area contributed by atoms with Crippen molar-refractivity contribution < 1.29 is 4.74 Å². The lowest BCUT2D eigenvalue weighted by molar-refractivity contribution is 0.0685. The van der Waals surface area contributed by atoms with Crippen LogP contribution in [0, 0.1) is 19.8 Å². The minimum absolute atomic E-state index is 0.732. The molecule has 3 nitrogen and oxygen atoms in total. The number of nitrogens with zero attached hydrogens (tertiary/aromatic N) is 2. The second-order valence-electron chi connectivity index (χ2n) is 6.12. The van der Waals surface area contributed by atoms with Gasteiger partial charge in [0.25, 0.3) is 0 Å². The van der Waals surface area contributed by atoms with E-state index in [9.17, 15) is 0 Å². The average Bonchev–Trinajstić information content (AvgIpc) is 2.49. The van der Waals surface area contributed by atoms with E-state index in [1.54, 1.807) is 0 Å². The van der Waals surface area contributed by atoms with Crippen molar-refractivity contribution >= 4 is 16.6 Å². The molecule has 1 aliphatic rings. The van der Waals surface area contributed by atoms with Crippen molar-refractivity contribution in [1.82, 2.24) is 4.98 Å². The van der Waals surface area contributed by atoms with Crippen molar-refractivity contribution in [2.75, 3.05) is 31.7 Å². The van der Waals surface area contributed by atoms with Crippen LogP contribution in [0.3, 0.4) is 0 Å². The first-order valence-electron chi connectivity index (χ1n) is 7.81. The van der Waals surface area contributed by atoms with Gasteiger partial charge in [0.05, 0.1) is 11.2 Å². The van der Waals surface area contributed by atoms with E-state index in [2.05, 4.69) is 50.1 Å². The number of rotatable bonds is 3. The summed E-state index contributed by atoms with van der Waals surface area (Å²) < 4.78 is 5.47. The first-order valence-corrected chi connectivity index (χ1v) is 7.81. The zero-order chi connectivity index (χ0) is 14.8. The van der Waals surface area contributed by atoms with Crippen LogP contribution in [0.4, 0.5) is 5.69 Å². The number of ether oxygens (including phenoxy) is 1. The lowest BCUT2D eigenvalue weighted by atomic mass is 9.98. The minimum Gasteiger partial charge on any atom is -0.381 e. The molecule has 1 aromatic heterocycles. The van der Waals surface area contributed by atoms with E-state index in [4.69, 9.17) is 9.72 Å². The fourth-order valence-corrected chi connectivity index (χ4v) is 3.31. The standard InChI is InChI=1S/C18H24N2O/c1-13-14(2)19-17-7-5-4-6-16(17)18(13)20(3)12-15-8-10-21-11-9-15/h4-7,15H,8-12H2,1-3H3. The van der Waals surface area contributed by atoms with Gasteiger partial charge < -0.3 is 9.64 Å². The number of aromatic nitrogens is 1. The van der Waals surface area contributed by atoms with Gasteiger partial charge in [-0.3, -0.25) is 4.98 Å². The molecule has 2 heterocycles. The molecule has 0 atom stereocenters. The largest absolute Gasteiger partial charge is 0.381 e. The zero-order valence-corrected chi connectivity index (χ0v) is 13.2. The maximum atomic E-state index is 5.47. The molecule has 1 saturated heterocycles. The lowest BCUT2D eigenvalue weighted by Gasteiger charge is -2.30. The number of hydrogen-bond donors (Lipinski definition) is 0. The quantitative estimate of drug-likeness (QED) is 0.859. The molecule has 0 N–H and O–H groups in total.